The SMILES string of the molecule is Cc1ccccc1CN1CCN(C(=O)Nc2ccccc2C(C)(C)C)CC1. The molecule has 0 radical (unpaired) electrons. The number of hydrogen-bond donors (Lipinski definition) is 1. The maximum atomic E-state index is 12.8. The topological polar surface area (TPSA) is 35.6 Å². The number of carbonyl (C=O) groups excluding carboxylic acids is 1. The summed E-state index contributed by atoms with van der Waals surface area (Å²) in [7, 11) is 0. The average Bonchev–Trinajstić information content (AvgIpc) is 2.64. The van der Waals surface area contributed by atoms with Crippen LogP contribution in [0.15, 0.2) is 48.5 Å². The molecule has 1 N–H and O–H groups in total. The van der Waals surface area contributed by atoms with Crippen LogP contribution < -0.4 is 5.32 Å². The molecular weight excluding hydrogens is 334 g/mol. The molecule has 27 heavy (non-hydrogen) atoms. The predicted octanol–water partition coefficient (Wildman–Crippen LogP) is 4.64. The van der Waals surface area contributed by atoms with Crippen molar-refractivity contribution < 1.29 is 4.79 Å². The number of carbonyl (C=O) groups is 1. The lowest BCUT2D eigenvalue weighted by Crippen LogP contribution is -2.49. The van der Waals surface area contributed by atoms with Gasteiger partial charge in [-0.2, -0.15) is 0 Å². The molecule has 0 atom stereocenters. The minimum Gasteiger partial charge on any atom is -0.322 e. The van der Waals surface area contributed by atoms with E-state index < -0.39 is 0 Å². The van der Waals surface area contributed by atoms with Gasteiger partial charge in [0.2, 0.25) is 0 Å². The van der Waals surface area contributed by atoms with Gasteiger partial charge in [0.25, 0.3) is 0 Å². The van der Waals surface area contributed by atoms with Crippen LogP contribution in [0.4, 0.5) is 10.5 Å². The number of hydrogen-bond acceptors (Lipinski definition) is 2. The molecule has 144 valence electrons. The molecule has 0 spiro atoms. The van der Waals surface area contributed by atoms with Gasteiger partial charge >= 0.3 is 6.03 Å². The second-order valence-electron chi connectivity index (χ2n) is 8.42. The molecule has 0 aliphatic carbocycles. The first-order valence-electron chi connectivity index (χ1n) is 9.77. The normalized spacial score (nSPS) is 15.6. The van der Waals surface area contributed by atoms with E-state index in [0.29, 0.717) is 0 Å². The zero-order valence-electron chi connectivity index (χ0n) is 17.0. The summed E-state index contributed by atoms with van der Waals surface area (Å²) in [4.78, 5) is 17.1. The zero-order chi connectivity index (χ0) is 19.4. The van der Waals surface area contributed by atoms with Crippen molar-refractivity contribution in [1.29, 1.82) is 0 Å². The summed E-state index contributed by atoms with van der Waals surface area (Å²) in [5.41, 5.74) is 4.77. The number of para-hydroxylation sites is 1. The summed E-state index contributed by atoms with van der Waals surface area (Å²) in [6.45, 7) is 12.9. The van der Waals surface area contributed by atoms with Crippen molar-refractivity contribution in [3.8, 4) is 0 Å². The number of piperazine rings is 1. The van der Waals surface area contributed by atoms with Crippen LogP contribution in [-0.4, -0.2) is 42.0 Å². The Morgan fingerprint density at radius 1 is 0.963 bits per heavy atom. The first-order chi connectivity index (χ1) is 12.8. The van der Waals surface area contributed by atoms with Crippen molar-refractivity contribution in [2.45, 2.75) is 39.7 Å². The van der Waals surface area contributed by atoms with Crippen LogP contribution in [-0.2, 0) is 12.0 Å². The molecule has 1 heterocycles. The molecule has 0 saturated carbocycles. The van der Waals surface area contributed by atoms with E-state index in [0.717, 1.165) is 44.0 Å². The number of nitrogens with one attached hydrogen (secondary N) is 1. The second kappa shape index (κ2) is 8.13. The van der Waals surface area contributed by atoms with Crippen molar-refractivity contribution in [2.24, 2.45) is 0 Å². The van der Waals surface area contributed by atoms with Gasteiger partial charge in [-0.05, 0) is 35.1 Å². The molecule has 1 aliphatic heterocycles. The molecule has 1 saturated heterocycles. The Balaban J connectivity index is 1.57. The Morgan fingerprint density at radius 2 is 1.59 bits per heavy atom. The fourth-order valence-corrected chi connectivity index (χ4v) is 3.58. The Bertz CT molecular complexity index is 786. The maximum absolute atomic E-state index is 12.8. The fraction of sp³-hybridized carbons (Fsp3) is 0.435. The molecular formula is C23H31N3O. The van der Waals surface area contributed by atoms with Crippen LogP contribution in [0.3, 0.4) is 0 Å². The van der Waals surface area contributed by atoms with E-state index in [9.17, 15) is 4.79 Å². The summed E-state index contributed by atoms with van der Waals surface area (Å²) in [5.74, 6) is 0. The van der Waals surface area contributed by atoms with E-state index in [2.05, 4.69) is 68.2 Å². The van der Waals surface area contributed by atoms with E-state index in [-0.39, 0.29) is 11.4 Å². The van der Waals surface area contributed by atoms with E-state index in [1.165, 1.54) is 11.1 Å². The molecule has 1 aliphatic rings. The van der Waals surface area contributed by atoms with Gasteiger partial charge in [-0.1, -0.05) is 63.2 Å². The van der Waals surface area contributed by atoms with Crippen LogP contribution in [0.5, 0.6) is 0 Å². The lowest BCUT2D eigenvalue weighted by molar-refractivity contribution is 0.143. The van der Waals surface area contributed by atoms with E-state index in [1.54, 1.807) is 0 Å². The number of rotatable bonds is 3. The van der Waals surface area contributed by atoms with Gasteiger partial charge in [0.05, 0.1) is 0 Å². The number of benzene rings is 2. The fourth-order valence-electron chi connectivity index (χ4n) is 3.58. The molecule has 4 heteroatoms. The van der Waals surface area contributed by atoms with Crippen LogP contribution in [0.1, 0.15) is 37.5 Å². The second-order valence-corrected chi connectivity index (χ2v) is 8.42. The molecule has 0 bridgehead atoms. The molecule has 1 fully saturated rings. The summed E-state index contributed by atoms with van der Waals surface area (Å²) < 4.78 is 0. The zero-order valence-corrected chi connectivity index (χ0v) is 17.0. The van der Waals surface area contributed by atoms with Crippen LogP contribution in [0, 0.1) is 6.92 Å². The highest BCUT2D eigenvalue weighted by Gasteiger charge is 2.23. The van der Waals surface area contributed by atoms with E-state index in [1.807, 2.05) is 23.1 Å². The van der Waals surface area contributed by atoms with Crippen molar-refractivity contribution >= 4 is 11.7 Å². The van der Waals surface area contributed by atoms with Gasteiger partial charge < -0.3 is 10.2 Å². The summed E-state index contributed by atoms with van der Waals surface area (Å²) >= 11 is 0. The quantitative estimate of drug-likeness (QED) is 0.860. The minimum atomic E-state index is -0.00385. The Morgan fingerprint density at radius 3 is 2.26 bits per heavy atom. The van der Waals surface area contributed by atoms with Crippen molar-refractivity contribution in [3.63, 3.8) is 0 Å². The van der Waals surface area contributed by atoms with Gasteiger partial charge in [-0.3, -0.25) is 4.90 Å². The molecule has 2 amide bonds. The highest BCUT2D eigenvalue weighted by atomic mass is 16.2. The molecule has 0 aromatic heterocycles. The van der Waals surface area contributed by atoms with E-state index in [4.69, 9.17) is 0 Å². The van der Waals surface area contributed by atoms with Crippen LogP contribution in [0.25, 0.3) is 0 Å². The van der Waals surface area contributed by atoms with Crippen molar-refractivity contribution in [1.82, 2.24) is 9.80 Å². The van der Waals surface area contributed by atoms with Gasteiger partial charge in [0.15, 0.2) is 0 Å². The molecule has 3 rings (SSSR count). The summed E-state index contributed by atoms with van der Waals surface area (Å²) in [6, 6.07) is 16.6. The third-order valence-corrected chi connectivity index (χ3v) is 5.29. The number of urea groups is 1. The predicted molar refractivity (Wildman–Crippen MR) is 112 cm³/mol. The number of anilines is 1. The molecule has 4 nitrogen and oxygen atoms in total. The molecule has 0 unspecified atom stereocenters. The van der Waals surface area contributed by atoms with Gasteiger partial charge in [-0.15, -0.1) is 0 Å². The largest absolute Gasteiger partial charge is 0.322 e. The monoisotopic (exact) mass is 365 g/mol. The number of nitrogens with zero attached hydrogens (tertiary/aromatic N) is 2. The maximum Gasteiger partial charge on any atom is 0.321 e. The van der Waals surface area contributed by atoms with Crippen LogP contribution >= 0.6 is 0 Å². The number of aryl methyl sites for hydroxylation is 1. The Hall–Kier alpha value is -2.33. The van der Waals surface area contributed by atoms with Gasteiger partial charge in [0, 0.05) is 38.4 Å². The van der Waals surface area contributed by atoms with E-state index >= 15 is 0 Å². The lowest BCUT2D eigenvalue weighted by atomic mass is 9.86. The standard InChI is InChI=1S/C23H31N3O/c1-18-9-5-6-10-19(18)17-25-13-15-26(16-14-25)22(27)24-21-12-8-7-11-20(21)23(2,3)4/h5-12H,13-17H2,1-4H3,(H,24,27). The Kier molecular flexibility index (Phi) is 5.85. The average molecular weight is 366 g/mol. The van der Waals surface area contributed by atoms with Gasteiger partial charge in [-0.25, -0.2) is 4.79 Å². The Labute approximate surface area is 163 Å². The number of amides is 2. The lowest BCUT2D eigenvalue weighted by Gasteiger charge is -2.35. The third-order valence-electron chi connectivity index (χ3n) is 5.29. The highest BCUT2D eigenvalue weighted by Crippen LogP contribution is 2.29. The summed E-state index contributed by atoms with van der Waals surface area (Å²) in [5, 5.41) is 3.13. The highest BCUT2D eigenvalue weighted by molar-refractivity contribution is 5.90. The van der Waals surface area contributed by atoms with Crippen LogP contribution in [0.2, 0.25) is 0 Å². The molecule has 2 aromatic rings. The van der Waals surface area contributed by atoms with Crippen molar-refractivity contribution in [2.75, 3.05) is 31.5 Å². The summed E-state index contributed by atoms with van der Waals surface area (Å²) in [6.07, 6.45) is 0. The smallest absolute Gasteiger partial charge is 0.321 e. The first kappa shape index (κ1) is 19.4. The minimum absolute atomic E-state index is 0.00208. The third kappa shape index (κ3) is 4.89. The molecule has 2 aromatic carbocycles. The van der Waals surface area contributed by atoms with Gasteiger partial charge in [0.1, 0.15) is 0 Å². The first-order valence-corrected chi connectivity index (χ1v) is 9.77. The van der Waals surface area contributed by atoms with Crippen molar-refractivity contribution in [3.05, 3.63) is 65.2 Å².